The molecule has 41 heavy (non-hydrogen) atoms. The molecule has 0 atom stereocenters. The fraction of sp³-hybridized carbons (Fsp3) is 0.182. The van der Waals surface area contributed by atoms with Crippen molar-refractivity contribution in [2.24, 2.45) is 0 Å². The van der Waals surface area contributed by atoms with Crippen molar-refractivity contribution < 1.29 is 19.1 Å². The monoisotopic (exact) mass is 563 g/mol. The maximum Gasteiger partial charge on any atom is 0.294 e. The first kappa shape index (κ1) is 26.7. The molecule has 7 nitrogen and oxygen atoms in total. The van der Waals surface area contributed by atoms with Crippen molar-refractivity contribution >= 4 is 51.4 Å². The smallest absolute Gasteiger partial charge is 0.294 e. The number of carbonyl (C=O) groups excluding carboxylic acids is 3. The summed E-state index contributed by atoms with van der Waals surface area (Å²) in [5.74, 6) is -0.0687. The van der Waals surface area contributed by atoms with Crippen LogP contribution in [0.1, 0.15) is 11.1 Å². The molecule has 6 rings (SSSR count). The first-order valence-corrected chi connectivity index (χ1v) is 14.4. The van der Waals surface area contributed by atoms with Crippen LogP contribution in [0.15, 0.2) is 102 Å². The number of imide groups is 1. The maximum atomic E-state index is 13.2. The summed E-state index contributed by atoms with van der Waals surface area (Å²) in [6, 6.07) is 31.9. The van der Waals surface area contributed by atoms with Gasteiger partial charge in [0.15, 0.2) is 0 Å². The number of benzene rings is 4. The fourth-order valence-electron chi connectivity index (χ4n) is 5.09. The van der Waals surface area contributed by atoms with Crippen LogP contribution in [-0.4, -0.2) is 59.6 Å². The minimum absolute atomic E-state index is 0.222. The van der Waals surface area contributed by atoms with E-state index in [2.05, 4.69) is 41.3 Å². The normalized spacial score (nSPS) is 16.6. The van der Waals surface area contributed by atoms with E-state index in [-0.39, 0.29) is 17.4 Å². The Balaban J connectivity index is 1.09. The molecule has 3 amide bonds. The van der Waals surface area contributed by atoms with E-state index in [0.29, 0.717) is 44.1 Å². The summed E-state index contributed by atoms with van der Waals surface area (Å²) >= 11 is 0.852. The molecule has 2 heterocycles. The van der Waals surface area contributed by atoms with Gasteiger partial charge >= 0.3 is 0 Å². The summed E-state index contributed by atoms with van der Waals surface area (Å²) in [5.41, 5.74) is 2.85. The number of carbonyl (C=O) groups is 3. The van der Waals surface area contributed by atoms with E-state index in [1.165, 1.54) is 5.39 Å². The number of nitrogens with zero attached hydrogens (tertiary/aromatic N) is 3. The molecule has 0 saturated carbocycles. The van der Waals surface area contributed by atoms with E-state index in [0.717, 1.165) is 33.3 Å². The maximum absolute atomic E-state index is 13.2. The number of hydrogen-bond acceptors (Lipinski definition) is 6. The Morgan fingerprint density at radius 2 is 1.51 bits per heavy atom. The topological polar surface area (TPSA) is 70.2 Å². The average Bonchev–Trinajstić information content (AvgIpc) is 3.28. The molecule has 8 heteroatoms. The van der Waals surface area contributed by atoms with Gasteiger partial charge in [0.1, 0.15) is 18.9 Å². The van der Waals surface area contributed by atoms with Crippen molar-refractivity contribution in [3.05, 3.63) is 113 Å². The molecule has 0 unspecified atom stereocenters. The van der Waals surface area contributed by atoms with Crippen LogP contribution >= 0.6 is 11.8 Å². The molecule has 0 spiro atoms. The second-order valence-electron chi connectivity index (χ2n) is 9.98. The summed E-state index contributed by atoms with van der Waals surface area (Å²) in [6.07, 6.45) is 1.67. The Labute approximate surface area is 243 Å². The lowest BCUT2D eigenvalue weighted by Gasteiger charge is -2.36. The van der Waals surface area contributed by atoms with Gasteiger partial charge in [-0.15, -0.1) is 0 Å². The Hall–Kier alpha value is -4.56. The highest BCUT2D eigenvalue weighted by molar-refractivity contribution is 8.18. The molecule has 4 aromatic rings. The van der Waals surface area contributed by atoms with Crippen LogP contribution in [0.25, 0.3) is 16.8 Å². The molecule has 0 N–H and O–H groups in total. The van der Waals surface area contributed by atoms with Crippen molar-refractivity contribution in [1.29, 1.82) is 0 Å². The average molecular weight is 564 g/mol. The van der Waals surface area contributed by atoms with E-state index >= 15 is 0 Å². The molecule has 0 radical (unpaired) electrons. The first-order chi connectivity index (χ1) is 20.0. The zero-order valence-electron chi connectivity index (χ0n) is 22.4. The van der Waals surface area contributed by atoms with E-state index in [1.54, 1.807) is 11.0 Å². The number of amides is 3. The van der Waals surface area contributed by atoms with Gasteiger partial charge in [-0.1, -0.05) is 72.8 Å². The molecule has 2 aliphatic rings. The van der Waals surface area contributed by atoms with Crippen molar-refractivity contribution in [1.82, 2.24) is 9.80 Å². The van der Waals surface area contributed by atoms with Gasteiger partial charge in [0.25, 0.3) is 11.1 Å². The van der Waals surface area contributed by atoms with Crippen LogP contribution in [-0.2, 0) is 16.2 Å². The zero-order chi connectivity index (χ0) is 28.2. The van der Waals surface area contributed by atoms with Gasteiger partial charge in [0.05, 0.1) is 4.91 Å². The van der Waals surface area contributed by atoms with Crippen LogP contribution in [0, 0.1) is 0 Å². The molecular weight excluding hydrogens is 534 g/mol. The second kappa shape index (κ2) is 11.9. The second-order valence-corrected chi connectivity index (χ2v) is 11.0. The lowest BCUT2D eigenvalue weighted by molar-refractivity contribution is -0.136. The third-order valence-corrected chi connectivity index (χ3v) is 8.24. The fourth-order valence-corrected chi connectivity index (χ4v) is 5.92. The van der Waals surface area contributed by atoms with Gasteiger partial charge in [-0.25, -0.2) is 0 Å². The minimum Gasteiger partial charge on any atom is -0.488 e. The highest BCUT2D eigenvalue weighted by Crippen LogP contribution is 2.34. The molecule has 0 aliphatic carbocycles. The number of fused-ring (bicyclic) bond motifs is 1. The molecule has 2 aliphatic heterocycles. The standard InChI is InChI=1S/C33H29N3O4S/c37-31(35-18-16-34(17-19-35)28-11-2-1-3-12-28)22-36-32(38)30(41-33(36)39)21-27-10-6-7-13-29(27)40-23-24-14-15-25-8-4-5-9-26(25)20-24/h1-15,20-21H,16-19,22-23H2/b30-21-. The quantitative estimate of drug-likeness (QED) is 0.265. The summed E-state index contributed by atoms with van der Waals surface area (Å²) in [5, 5.41) is 1.87. The molecule has 0 aromatic heterocycles. The zero-order valence-corrected chi connectivity index (χ0v) is 23.3. The Kier molecular flexibility index (Phi) is 7.73. The Bertz CT molecular complexity index is 1630. The molecule has 206 valence electrons. The number of anilines is 1. The first-order valence-electron chi connectivity index (χ1n) is 13.6. The number of ether oxygens (including phenoxy) is 1. The third-order valence-electron chi connectivity index (χ3n) is 7.33. The minimum atomic E-state index is -0.458. The number of piperazine rings is 1. The number of thioether (sulfide) groups is 1. The molecule has 2 fully saturated rings. The van der Waals surface area contributed by atoms with Gasteiger partial charge in [-0.05, 0) is 58.4 Å². The predicted molar refractivity (Wildman–Crippen MR) is 163 cm³/mol. The lowest BCUT2D eigenvalue weighted by Crippen LogP contribution is -2.51. The summed E-state index contributed by atoms with van der Waals surface area (Å²) in [6.45, 7) is 2.60. The highest BCUT2D eigenvalue weighted by Gasteiger charge is 2.37. The molecule has 4 aromatic carbocycles. The number of para-hydroxylation sites is 2. The van der Waals surface area contributed by atoms with Crippen LogP contribution in [0.4, 0.5) is 10.5 Å². The molecular formula is C33H29N3O4S. The number of rotatable bonds is 7. The van der Waals surface area contributed by atoms with Gasteiger partial charge in [-0.2, -0.15) is 0 Å². The lowest BCUT2D eigenvalue weighted by atomic mass is 10.1. The highest BCUT2D eigenvalue weighted by atomic mass is 32.2. The number of hydrogen-bond donors (Lipinski definition) is 0. The van der Waals surface area contributed by atoms with E-state index in [1.807, 2.05) is 60.7 Å². The van der Waals surface area contributed by atoms with Gasteiger partial charge in [-0.3, -0.25) is 19.3 Å². The van der Waals surface area contributed by atoms with E-state index in [9.17, 15) is 14.4 Å². The van der Waals surface area contributed by atoms with Crippen molar-refractivity contribution in [3.8, 4) is 5.75 Å². The SMILES string of the molecule is O=C(CN1C(=O)S/C(=C\c2ccccc2OCc2ccc3ccccc3c2)C1=O)N1CCN(c2ccccc2)CC1. The third kappa shape index (κ3) is 5.98. The van der Waals surface area contributed by atoms with Gasteiger partial charge in [0.2, 0.25) is 5.91 Å². The van der Waals surface area contributed by atoms with Crippen molar-refractivity contribution in [2.45, 2.75) is 6.61 Å². The van der Waals surface area contributed by atoms with Crippen LogP contribution in [0.3, 0.4) is 0 Å². The largest absolute Gasteiger partial charge is 0.488 e. The molecule has 2 saturated heterocycles. The summed E-state index contributed by atoms with van der Waals surface area (Å²) in [7, 11) is 0. The van der Waals surface area contributed by atoms with E-state index in [4.69, 9.17) is 4.74 Å². The summed E-state index contributed by atoms with van der Waals surface area (Å²) < 4.78 is 6.13. The predicted octanol–water partition coefficient (Wildman–Crippen LogP) is 5.80. The van der Waals surface area contributed by atoms with Gasteiger partial charge in [0, 0.05) is 37.4 Å². The Morgan fingerprint density at radius 3 is 2.32 bits per heavy atom. The Morgan fingerprint density at radius 1 is 0.805 bits per heavy atom. The summed E-state index contributed by atoms with van der Waals surface area (Å²) in [4.78, 5) is 44.2. The van der Waals surface area contributed by atoms with E-state index < -0.39 is 11.1 Å². The van der Waals surface area contributed by atoms with Gasteiger partial charge < -0.3 is 14.5 Å². The van der Waals surface area contributed by atoms with Crippen LogP contribution < -0.4 is 9.64 Å². The molecule has 0 bridgehead atoms. The van der Waals surface area contributed by atoms with Crippen molar-refractivity contribution in [2.75, 3.05) is 37.6 Å². The van der Waals surface area contributed by atoms with Crippen LogP contribution in [0.2, 0.25) is 0 Å². The van der Waals surface area contributed by atoms with Crippen molar-refractivity contribution in [3.63, 3.8) is 0 Å². The van der Waals surface area contributed by atoms with Crippen LogP contribution in [0.5, 0.6) is 5.75 Å².